The second-order valence-electron chi connectivity index (χ2n) is 7.57. The molecule has 0 saturated carbocycles. The van der Waals surface area contributed by atoms with E-state index in [0.29, 0.717) is 0 Å². The van der Waals surface area contributed by atoms with Crippen LogP contribution in [0.1, 0.15) is 37.8 Å². The molecule has 1 unspecified atom stereocenters. The molecule has 6 heteroatoms. The Bertz CT molecular complexity index is 572. The summed E-state index contributed by atoms with van der Waals surface area (Å²) in [6.45, 7) is 13.2. The number of ether oxygens (including phenoxy) is 1. The first-order valence-corrected chi connectivity index (χ1v) is 10.2. The Balaban J connectivity index is 0.00000261. The Morgan fingerprint density at radius 2 is 1.85 bits per heavy atom. The molecule has 0 spiro atoms. The first kappa shape index (κ1) is 22.4. The number of guanidine groups is 1. The summed E-state index contributed by atoms with van der Waals surface area (Å²) in [6, 6.07) is 8.94. The van der Waals surface area contributed by atoms with Gasteiger partial charge in [0.2, 0.25) is 0 Å². The molecule has 1 aromatic rings. The topological polar surface area (TPSA) is 40.1 Å². The van der Waals surface area contributed by atoms with Crippen LogP contribution in [0.15, 0.2) is 29.3 Å². The van der Waals surface area contributed by atoms with E-state index in [1.165, 1.54) is 24.0 Å². The maximum atomic E-state index is 5.42. The second-order valence-corrected chi connectivity index (χ2v) is 7.57. The van der Waals surface area contributed by atoms with E-state index in [9.17, 15) is 0 Å². The number of nitrogens with zero attached hydrogens (tertiary/aromatic N) is 3. The van der Waals surface area contributed by atoms with E-state index in [-0.39, 0.29) is 24.0 Å². The van der Waals surface area contributed by atoms with Gasteiger partial charge in [-0.15, -0.1) is 24.0 Å². The van der Waals surface area contributed by atoms with Gasteiger partial charge in [-0.1, -0.05) is 31.2 Å². The third kappa shape index (κ3) is 7.23. The average molecular weight is 486 g/mol. The zero-order chi connectivity index (χ0) is 18.2. The van der Waals surface area contributed by atoms with Crippen LogP contribution in [0.3, 0.4) is 0 Å². The van der Waals surface area contributed by atoms with Crippen LogP contribution in [-0.2, 0) is 17.8 Å². The number of hydrogen-bond acceptors (Lipinski definition) is 3. The quantitative estimate of drug-likeness (QED) is 0.394. The molecule has 2 fully saturated rings. The molecule has 3 rings (SSSR count). The Kier molecular flexibility index (Phi) is 9.86. The SMILES string of the molecule is CCNC(=NCc1ccc(CN2CCOCC2)cc1)N1CCCC(C)C1.I. The predicted molar refractivity (Wildman–Crippen MR) is 123 cm³/mol. The minimum atomic E-state index is 0. The molecule has 5 nitrogen and oxygen atoms in total. The molecule has 0 bridgehead atoms. The molecule has 1 N–H and O–H groups in total. The molecule has 0 aromatic heterocycles. The highest BCUT2D eigenvalue weighted by atomic mass is 127. The van der Waals surface area contributed by atoms with Gasteiger partial charge in [-0.25, -0.2) is 4.99 Å². The van der Waals surface area contributed by atoms with E-state index in [2.05, 4.69) is 53.2 Å². The maximum absolute atomic E-state index is 5.42. The number of morpholine rings is 1. The van der Waals surface area contributed by atoms with E-state index in [4.69, 9.17) is 9.73 Å². The van der Waals surface area contributed by atoms with Gasteiger partial charge in [0, 0.05) is 39.3 Å². The fraction of sp³-hybridized carbons (Fsp3) is 0.667. The van der Waals surface area contributed by atoms with Crippen LogP contribution in [0.4, 0.5) is 0 Å². The monoisotopic (exact) mass is 486 g/mol. The lowest BCUT2D eigenvalue weighted by molar-refractivity contribution is 0.0342. The number of hydrogen-bond donors (Lipinski definition) is 1. The smallest absolute Gasteiger partial charge is 0.194 e. The molecule has 2 aliphatic heterocycles. The molecule has 152 valence electrons. The summed E-state index contributed by atoms with van der Waals surface area (Å²) in [5.74, 6) is 1.82. The molecule has 0 radical (unpaired) electrons. The average Bonchev–Trinajstić information content (AvgIpc) is 2.67. The van der Waals surface area contributed by atoms with E-state index >= 15 is 0 Å². The van der Waals surface area contributed by atoms with Crippen molar-refractivity contribution < 1.29 is 4.74 Å². The van der Waals surface area contributed by atoms with Crippen LogP contribution in [0.5, 0.6) is 0 Å². The molecule has 0 aliphatic carbocycles. The number of piperidine rings is 1. The van der Waals surface area contributed by atoms with Crippen LogP contribution in [0, 0.1) is 5.92 Å². The van der Waals surface area contributed by atoms with Crippen molar-refractivity contribution >= 4 is 29.9 Å². The third-order valence-electron chi connectivity index (χ3n) is 5.24. The molecule has 2 heterocycles. The summed E-state index contributed by atoms with van der Waals surface area (Å²) in [6.07, 6.45) is 2.60. The third-order valence-corrected chi connectivity index (χ3v) is 5.24. The number of halogens is 1. The van der Waals surface area contributed by atoms with Crippen molar-refractivity contribution in [1.82, 2.24) is 15.1 Å². The first-order valence-electron chi connectivity index (χ1n) is 10.2. The number of nitrogens with one attached hydrogen (secondary N) is 1. The highest BCUT2D eigenvalue weighted by molar-refractivity contribution is 14.0. The van der Waals surface area contributed by atoms with Gasteiger partial charge in [-0.3, -0.25) is 4.90 Å². The lowest BCUT2D eigenvalue weighted by Gasteiger charge is -2.33. The van der Waals surface area contributed by atoms with Crippen molar-refractivity contribution in [2.24, 2.45) is 10.9 Å². The summed E-state index contributed by atoms with van der Waals surface area (Å²) in [4.78, 5) is 9.77. The minimum absolute atomic E-state index is 0. The number of aliphatic imine (C=N–C) groups is 1. The van der Waals surface area contributed by atoms with Gasteiger partial charge in [0.1, 0.15) is 0 Å². The molecule has 2 aliphatic rings. The molecule has 0 amide bonds. The highest BCUT2D eigenvalue weighted by Crippen LogP contribution is 2.16. The molecule has 1 aromatic carbocycles. The van der Waals surface area contributed by atoms with Crippen LogP contribution in [0.25, 0.3) is 0 Å². The van der Waals surface area contributed by atoms with Gasteiger partial charge in [-0.2, -0.15) is 0 Å². The largest absolute Gasteiger partial charge is 0.379 e. The fourth-order valence-corrected chi connectivity index (χ4v) is 3.74. The number of likely N-dealkylation sites (tertiary alicyclic amines) is 1. The van der Waals surface area contributed by atoms with Gasteiger partial charge in [0.15, 0.2) is 5.96 Å². The van der Waals surface area contributed by atoms with Crippen molar-refractivity contribution in [1.29, 1.82) is 0 Å². The van der Waals surface area contributed by atoms with Gasteiger partial charge >= 0.3 is 0 Å². The lowest BCUT2D eigenvalue weighted by atomic mass is 10.0. The van der Waals surface area contributed by atoms with Crippen LogP contribution < -0.4 is 5.32 Å². The van der Waals surface area contributed by atoms with E-state index in [1.807, 2.05) is 0 Å². The van der Waals surface area contributed by atoms with E-state index < -0.39 is 0 Å². The summed E-state index contributed by atoms with van der Waals surface area (Å²) >= 11 is 0. The molecular weight excluding hydrogens is 451 g/mol. The summed E-state index contributed by atoms with van der Waals surface area (Å²) in [5, 5.41) is 3.47. The Morgan fingerprint density at radius 3 is 2.52 bits per heavy atom. The Labute approximate surface area is 181 Å². The van der Waals surface area contributed by atoms with Gasteiger partial charge in [0.25, 0.3) is 0 Å². The van der Waals surface area contributed by atoms with Crippen LogP contribution in [0.2, 0.25) is 0 Å². The molecular formula is C21H35IN4O. The zero-order valence-electron chi connectivity index (χ0n) is 16.8. The van der Waals surface area contributed by atoms with Gasteiger partial charge in [0.05, 0.1) is 19.8 Å². The van der Waals surface area contributed by atoms with Crippen LogP contribution >= 0.6 is 24.0 Å². The summed E-state index contributed by atoms with van der Waals surface area (Å²) < 4.78 is 5.42. The maximum Gasteiger partial charge on any atom is 0.194 e. The van der Waals surface area contributed by atoms with Crippen molar-refractivity contribution in [2.75, 3.05) is 45.9 Å². The number of rotatable bonds is 5. The Morgan fingerprint density at radius 1 is 1.15 bits per heavy atom. The van der Waals surface area contributed by atoms with Gasteiger partial charge in [-0.05, 0) is 36.8 Å². The van der Waals surface area contributed by atoms with Crippen molar-refractivity contribution in [3.63, 3.8) is 0 Å². The molecule has 2 saturated heterocycles. The molecule has 1 atom stereocenters. The minimum Gasteiger partial charge on any atom is -0.379 e. The Hall–Kier alpha value is -0.860. The first-order chi connectivity index (χ1) is 12.7. The van der Waals surface area contributed by atoms with Crippen molar-refractivity contribution in [3.8, 4) is 0 Å². The van der Waals surface area contributed by atoms with Crippen molar-refractivity contribution in [2.45, 2.75) is 39.8 Å². The summed E-state index contributed by atoms with van der Waals surface area (Å²) in [7, 11) is 0. The summed E-state index contributed by atoms with van der Waals surface area (Å²) in [5.41, 5.74) is 2.65. The molecule has 27 heavy (non-hydrogen) atoms. The number of benzene rings is 1. The zero-order valence-corrected chi connectivity index (χ0v) is 19.2. The predicted octanol–water partition coefficient (Wildman–Crippen LogP) is 3.33. The van der Waals surface area contributed by atoms with E-state index in [1.54, 1.807) is 0 Å². The second kappa shape index (κ2) is 11.9. The van der Waals surface area contributed by atoms with Gasteiger partial charge < -0.3 is 15.0 Å². The van der Waals surface area contributed by atoms with Crippen molar-refractivity contribution in [3.05, 3.63) is 35.4 Å². The van der Waals surface area contributed by atoms with E-state index in [0.717, 1.165) is 70.9 Å². The lowest BCUT2D eigenvalue weighted by Crippen LogP contribution is -2.46. The standard InChI is InChI=1S/C21H34N4O.HI/c1-3-22-21(25-10-4-5-18(2)16-25)23-15-19-6-8-20(9-7-19)17-24-11-13-26-14-12-24;/h6-9,18H,3-5,10-17H2,1-2H3,(H,22,23);1H. The highest BCUT2D eigenvalue weighted by Gasteiger charge is 2.19. The van der Waals surface area contributed by atoms with Crippen LogP contribution in [-0.4, -0.2) is 61.7 Å². The fourth-order valence-electron chi connectivity index (χ4n) is 3.74. The normalized spacial score (nSPS) is 21.6.